The number of carbonyl (C=O) groups excluding carboxylic acids is 1. The largest absolute Gasteiger partial charge is 0.454 e. The molecule has 2 heterocycles. The molecule has 2 aromatic carbocycles. The van der Waals surface area contributed by atoms with Crippen molar-refractivity contribution in [3.63, 3.8) is 0 Å². The number of fused-ring (bicyclic) bond motifs is 1. The molecule has 25 heavy (non-hydrogen) atoms. The minimum absolute atomic E-state index is 0.215. The quantitative estimate of drug-likeness (QED) is 0.567. The van der Waals surface area contributed by atoms with Crippen LogP contribution in [0.5, 0.6) is 11.5 Å². The highest BCUT2D eigenvalue weighted by atomic mass is 16.7. The van der Waals surface area contributed by atoms with Crippen LogP contribution in [0.4, 0.5) is 0 Å². The Morgan fingerprint density at radius 3 is 2.84 bits per heavy atom. The number of hydrazone groups is 1. The standard InChI is InChI=1S/C18H14N4O3/c23-18(22-19-10-12-4-2-1-3-5-12)15-9-14(20-21-15)13-6-7-16-17(8-13)25-11-24-16/h1-10H,11H2,(H,20,21)(H,22,23)/b19-10+. The minimum atomic E-state index is -0.369. The highest BCUT2D eigenvalue weighted by molar-refractivity contribution is 5.94. The lowest BCUT2D eigenvalue weighted by molar-refractivity contribution is 0.0950. The van der Waals surface area contributed by atoms with Gasteiger partial charge in [-0.1, -0.05) is 30.3 Å². The van der Waals surface area contributed by atoms with Gasteiger partial charge in [-0.15, -0.1) is 0 Å². The number of nitrogens with one attached hydrogen (secondary N) is 2. The zero-order chi connectivity index (χ0) is 17.1. The molecule has 0 saturated carbocycles. The number of benzene rings is 2. The van der Waals surface area contributed by atoms with Crippen molar-refractivity contribution < 1.29 is 14.3 Å². The average molecular weight is 334 g/mol. The van der Waals surface area contributed by atoms with E-state index in [0.29, 0.717) is 22.9 Å². The summed E-state index contributed by atoms with van der Waals surface area (Å²) in [5.41, 5.74) is 5.14. The molecule has 0 atom stereocenters. The Morgan fingerprint density at radius 2 is 1.96 bits per heavy atom. The first kappa shape index (κ1) is 14.9. The first-order chi connectivity index (χ1) is 12.3. The van der Waals surface area contributed by atoms with E-state index in [0.717, 1.165) is 11.1 Å². The van der Waals surface area contributed by atoms with E-state index in [1.807, 2.05) is 48.5 Å². The molecule has 7 heteroatoms. The highest BCUT2D eigenvalue weighted by Crippen LogP contribution is 2.35. The van der Waals surface area contributed by atoms with Crippen LogP contribution in [0.2, 0.25) is 0 Å². The molecule has 1 aromatic heterocycles. The molecule has 0 bridgehead atoms. The van der Waals surface area contributed by atoms with Crippen LogP contribution < -0.4 is 14.9 Å². The summed E-state index contributed by atoms with van der Waals surface area (Å²) in [4.78, 5) is 12.1. The topological polar surface area (TPSA) is 88.6 Å². The van der Waals surface area contributed by atoms with Gasteiger partial charge in [0.25, 0.3) is 5.91 Å². The summed E-state index contributed by atoms with van der Waals surface area (Å²) in [6.07, 6.45) is 1.58. The van der Waals surface area contributed by atoms with Gasteiger partial charge in [-0.25, -0.2) is 5.43 Å². The first-order valence-corrected chi connectivity index (χ1v) is 7.63. The summed E-state index contributed by atoms with van der Waals surface area (Å²) >= 11 is 0. The Hall–Kier alpha value is -3.61. The molecule has 7 nitrogen and oxygen atoms in total. The molecule has 3 aromatic rings. The Morgan fingerprint density at radius 1 is 1.12 bits per heavy atom. The zero-order valence-electron chi connectivity index (χ0n) is 13.1. The van der Waals surface area contributed by atoms with Crippen LogP contribution in [0.25, 0.3) is 11.3 Å². The third-order valence-electron chi connectivity index (χ3n) is 3.67. The Labute approximate surface area is 143 Å². The number of aromatic amines is 1. The van der Waals surface area contributed by atoms with Crippen molar-refractivity contribution in [2.75, 3.05) is 6.79 Å². The number of aromatic nitrogens is 2. The van der Waals surface area contributed by atoms with Crippen molar-refractivity contribution in [1.29, 1.82) is 0 Å². The second-order valence-corrected chi connectivity index (χ2v) is 5.34. The number of hydrogen-bond donors (Lipinski definition) is 2. The molecule has 0 radical (unpaired) electrons. The van der Waals surface area contributed by atoms with E-state index in [1.54, 1.807) is 12.3 Å². The summed E-state index contributed by atoms with van der Waals surface area (Å²) in [6, 6.07) is 16.7. The predicted molar refractivity (Wildman–Crippen MR) is 91.6 cm³/mol. The van der Waals surface area contributed by atoms with Crippen LogP contribution in [-0.2, 0) is 0 Å². The average Bonchev–Trinajstić information content (AvgIpc) is 3.31. The molecular weight excluding hydrogens is 320 g/mol. The molecule has 0 fully saturated rings. The van der Waals surface area contributed by atoms with Crippen LogP contribution in [0, 0.1) is 0 Å². The van der Waals surface area contributed by atoms with Crippen LogP contribution in [0.1, 0.15) is 16.1 Å². The van der Waals surface area contributed by atoms with Crippen molar-refractivity contribution in [2.45, 2.75) is 0 Å². The zero-order valence-corrected chi connectivity index (χ0v) is 13.1. The third kappa shape index (κ3) is 3.20. The SMILES string of the molecule is O=C(N/N=C/c1ccccc1)c1cc(-c2ccc3c(c2)OCO3)n[nH]1. The highest BCUT2D eigenvalue weighted by Gasteiger charge is 2.16. The van der Waals surface area contributed by atoms with Crippen molar-refractivity contribution in [3.05, 3.63) is 65.9 Å². The second kappa shape index (κ2) is 6.48. The van der Waals surface area contributed by atoms with Crippen molar-refractivity contribution in [1.82, 2.24) is 15.6 Å². The van der Waals surface area contributed by atoms with Gasteiger partial charge in [0.1, 0.15) is 5.69 Å². The Balaban J connectivity index is 1.45. The minimum Gasteiger partial charge on any atom is -0.454 e. The molecule has 0 unspecified atom stereocenters. The van der Waals surface area contributed by atoms with E-state index < -0.39 is 0 Å². The molecule has 124 valence electrons. The number of H-pyrrole nitrogens is 1. The van der Waals surface area contributed by atoms with E-state index >= 15 is 0 Å². The van der Waals surface area contributed by atoms with Gasteiger partial charge in [0.05, 0.1) is 11.9 Å². The van der Waals surface area contributed by atoms with E-state index in [-0.39, 0.29) is 12.7 Å². The summed E-state index contributed by atoms with van der Waals surface area (Å²) in [5.74, 6) is 0.998. The fourth-order valence-corrected chi connectivity index (χ4v) is 2.41. The van der Waals surface area contributed by atoms with Gasteiger partial charge in [-0.3, -0.25) is 9.89 Å². The van der Waals surface area contributed by atoms with Crippen LogP contribution in [0.15, 0.2) is 59.7 Å². The second-order valence-electron chi connectivity index (χ2n) is 5.34. The van der Waals surface area contributed by atoms with Gasteiger partial charge in [0, 0.05) is 5.56 Å². The van der Waals surface area contributed by atoms with E-state index in [4.69, 9.17) is 9.47 Å². The molecule has 1 amide bonds. The van der Waals surface area contributed by atoms with Gasteiger partial charge in [0.2, 0.25) is 6.79 Å². The van der Waals surface area contributed by atoms with Gasteiger partial charge < -0.3 is 9.47 Å². The molecule has 1 aliphatic heterocycles. The van der Waals surface area contributed by atoms with Gasteiger partial charge >= 0.3 is 0 Å². The molecule has 0 aliphatic carbocycles. The molecule has 0 saturated heterocycles. The summed E-state index contributed by atoms with van der Waals surface area (Å²) in [6.45, 7) is 0.215. The van der Waals surface area contributed by atoms with Crippen molar-refractivity contribution in [2.24, 2.45) is 5.10 Å². The molecule has 2 N–H and O–H groups in total. The maximum Gasteiger partial charge on any atom is 0.289 e. The smallest absolute Gasteiger partial charge is 0.289 e. The lowest BCUT2D eigenvalue weighted by Crippen LogP contribution is -2.17. The maximum atomic E-state index is 12.1. The van der Waals surface area contributed by atoms with E-state index in [2.05, 4.69) is 20.7 Å². The first-order valence-electron chi connectivity index (χ1n) is 7.63. The maximum absolute atomic E-state index is 12.1. The third-order valence-corrected chi connectivity index (χ3v) is 3.67. The molecular formula is C18H14N4O3. The number of nitrogens with zero attached hydrogens (tertiary/aromatic N) is 2. The Bertz CT molecular complexity index is 935. The summed E-state index contributed by atoms with van der Waals surface area (Å²) in [7, 11) is 0. The van der Waals surface area contributed by atoms with Crippen LogP contribution >= 0.6 is 0 Å². The number of rotatable bonds is 4. The summed E-state index contributed by atoms with van der Waals surface area (Å²) < 4.78 is 10.6. The molecule has 0 spiro atoms. The van der Waals surface area contributed by atoms with Crippen molar-refractivity contribution in [3.8, 4) is 22.8 Å². The van der Waals surface area contributed by atoms with E-state index in [9.17, 15) is 4.79 Å². The van der Waals surface area contributed by atoms with Gasteiger partial charge in [-0.05, 0) is 29.8 Å². The lowest BCUT2D eigenvalue weighted by Gasteiger charge is -1.99. The monoisotopic (exact) mass is 334 g/mol. The number of carbonyl (C=O) groups is 1. The van der Waals surface area contributed by atoms with Gasteiger partial charge in [0.15, 0.2) is 11.5 Å². The number of ether oxygens (including phenoxy) is 2. The predicted octanol–water partition coefficient (Wildman–Crippen LogP) is 2.57. The Kier molecular flexibility index (Phi) is 3.88. The molecule has 1 aliphatic rings. The lowest BCUT2D eigenvalue weighted by atomic mass is 10.1. The van der Waals surface area contributed by atoms with E-state index in [1.165, 1.54) is 0 Å². The number of amides is 1. The number of hydrogen-bond acceptors (Lipinski definition) is 5. The molecule has 4 rings (SSSR count). The fourth-order valence-electron chi connectivity index (χ4n) is 2.41. The van der Waals surface area contributed by atoms with Gasteiger partial charge in [-0.2, -0.15) is 10.2 Å². The van der Waals surface area contributed by atoms with Crippen LogP contribution in [-0.4, -0.2) is 29.1 Å². The fraction of sp³-hybridized carbons (Fsp3) is 0.0556. The normalized spacial score (nSPS) is 12.5. The summed E-state index contributed by atoms with van der Waals surface area (Å²) in [5, 5.41) is 10.8. The van der Waals surface area contributed by atoms with Crippen LogP contribution in [0.3, 0.4) is 0 Å². The van der Waals surface area contributed by atoms with Crippen molar-refractivity contribution >= 4 is 12.1 Å².